The van der Waals surface area contributed by atoms with Gasteiger partial charge in [-0.2, -0.15) is 0 Å². The van der Waals surface area contributed by atoms with Crippen LogP contribution < -0.4 is 4.74 Å². The highest BCUT2D eigenvalue weighted by Gasteiger charge is 2.36. The molecule has 1 aromatic carbocycles. The van der Waals surface area contributed by atoms with Crippen LogP contribution in [0.2, 0.25) is 0 Å². The van der Waals surface area contributed by atoms with Gasteiger partial charge in [0.2, 0.25) is 0 Å². The first-order chi connectivity index (χ1) is 10.9. The lowest BCUT2D eigenvalue weighted by Crippen LogP contribution is -2.34. The summed E-state index contributed by atoms with van der Waals surface area (Å²) in [6.45, 7) is -0.394. The third-order valence-electron chi connectivity index (χ3n) is 2.91. The SMILES string of the molecule is COC(=O)CN1C(=O)S/C(=C\c2cc(Br)c(OC)c(Br)c2)C1=O. The van der Waals surface area contributed by atoms with Crippen molar-refractivity contribution in [3.63, 3.8) is 0 Å². The molecular weight excluding hydrogens is 454 g/mol. The van der Waals surface area contributed by atoms with Crippen LogP contribution >= 0.6 is 43.6 Å². The van der Waals surface area contributed by atoms with Crippen LogP contribution in [-0.4, -0.2) is 42.8 Å². The number of hydrogen-bond acceptors (Lipinski definition) is 6. The molecule has 0 bridgehead atoms. The number of amides is 2. The van der Waals surface area contributed by atoms with E-state index in [1.165, 1.54) is 7.11 Å². The molecule has 0 N–H and O–H groups in total. The van der Waals surface area contributed by atoms with E-state index in [2.05, 4.69) is 36.6 Å². The summed E-state index contributed by atoms with van der Waals surface area (Å²) < 4.78 is 11.1. The van der Waals surface area contributed by atoms with Gasteiger partial charge in [-0.25, -0.2) is 0 Å². The van der Waals surface area contributed by atoms with Gasteiger partial charge in [-0.3, -0.25) is 19.3 Å². The number of halogens is 2. The summed E-state index contributed by atoms with van der Waals surface area (Å²) in [5.74, 6) is -0.544. The summed E-state index contributed by atoms with van der Waals surface area (Å²) in [5, 5.41) is -0.502. The van der Waals surface area contributed by atoms with Crippen molar-refractivity contribution in [2.45, 2.75) is 0 Å². The zero-order chi connectivity index (χ0) is 17.1. The largest absolute Gasteiger partial charge is 0.494 e. The van der Waals surface area contributed by atoms with Gasteiger partial charge in [-0.1, -0.05) is 0 Å². The summed E-state index contributed by atoms with van der Waals surface area (Å²) in [4.78, 5) is 36.4. The van der Waals surface area contributed by atoms with E-state index in [9.17, 15) is 14.4 Å². The number of rotatable bonds is 4. The van der Waals surface area contributed by atoms with Gasteiger partial charge in [0.05, 0.1) is 28.1 Å². The van der Waals surface area contributed by atoms with Gasteiger partial charge in [0, 0.05) is 0 Å². The number of hydrogen-bond donors (Lipinski definition) is 0. The molecule has 2 rings (SSSR count). The summed E-state index contributed by atoms with van der Waals surface area (Å²) >= 11 is 7.53. The van der Waals surface area contributed by atoms with E-state index in [1.807, 2.05) is 0 Å². The lowest BCUT2D eigenvalue weighted by atomic mass is 10.2. The predicted octanol–water partition coefficient (Wildman–Crippen LogP) is 3.43. The Kier molecular flexibility index (Phi) is 5.88. The average Bonchev–Trinajstić information content (AvgIpc) is 2.74. The van der Waals surface area contributed by atoms with E-state index in [1.54, 1.807) is 25.3 Å². The molecule has 0 saturated carbocycles. The van der Waals surface area contributed by atoms with Crippen molar-refractivity contribution in [2.75, 3.05) is 20.8 Å². The molecule has 122 valence electrons. The van der Waals surface area contributed by atoms with Gasteiger partial charge in [0.15, 0.2) is 0 Å². The molecule has 0 atom stereocenters. The molecule has 23 heavy (non-hydrogen) atoms. The fourth-order valence-electron chi connectivity index (χ4n) is 1.84. The molecule has 0 unspecified atom stereocenters. The second kappa shape index (κ2) is 7.50. The quantitative estimate of drug-likeness (QED) is 0.502. The topological polar surface area (TPSA) is 72.9 Å². The number of ether oxygens (including phenoxy) is 2. The zero-order valence-electron chi connectivity index (χ0n) is 12.1. The van der Waals surface area contributed by atoms with Gasteiger partial charge in [0.25, 0.3) is 11.1 Å². The molecule has 0 aliphatic carbocycles. The maximum absolute atomic E-state index is 12.2. The monoisotopic (exact) mass is 463 g/mol. The van der Waals surface area contributed by atoms with Crippen LogP contribution in [0.4, 0.5) is 4.79 Å². The lowest BCUT2D eigenvalue weighted by Gasteiger charge is -2.10. The van der Waals surface area contributed by atoms with Crippen molar-refractivity contribution in [1.82, 2.24) is 4.90 Å². The van der Waals surface area contributed by atoms with Crippen molar-refractivity contribution < 1.29 is 23.9 Å². The molecule has 1 aromatic rings. The predicted molar refractivity (Wildman–Crippen MR) is 93.1 cm³/mol. The second-order valence-electron chi connectivity index (χ2n) is 4.36. The Bertz CT molecular complexity index is 696. The van der Waals surface area contributed by atoms with E-state index in [4.69, 9.17) is 4.74 Å². The molecule has 6 nitrogen and oxygen atoms in total. The molecule has 9 heteroatoms. The van der Waals surface area contributed by atoms with Crippen LogP contribution in [-0.2, 0) is 14.3 Å². The average molecular weight is 465 g/mol. The Morgan fingerprint density at radius 3 is 2.39 bits per heavy atom. The minimum atomic E-state index is -0.650. The molecule has 1 heterocycles. The maximum Gasteiger partial charge on any atom is 0.325 e. The van der Waals surface area contributed by atoms with E-state index < -0.39 is 23.7 Å². The molecule has 0 aromatic heterocycles. The Labute approximate surface area is 153 Å². The Morgan fingerprint density at radius 1 is 1.26 bits per heavy atom. The van der Waals surface area contributed by atoms with Gasteiger partial charge in [-0.15, -0.1) is 0 Å². The van der Waals surface area contributed by atoms with Crippen molar-refractivity contribution in [2.24, 2.45) is 0 Å². The number of thioether (sulfide) groups is 1. The highest BCUT2D eigenvalue weighted by Crippen LogP contribution is 2.37. The lowest BCUT2D eigenvalue weighted by molar-refractivity contribution is -0.143. The van der Waals surface area contributed by atoms with E-state index in [0.717, 1.165) is 16.7 Å². The number of imide groups is 1. The Morgan fingerprint density at radius 2 is 1.87 bits per heavy atom. The fraction of sp³-hybridized carbons (Fsp3) is 0.214. The number of nitrogens with zero attached hydrogens (tertiary/aromatic N) is 1. The normalized spacial score (nSPS) is 16.2. The van der Waals surface area contributed by atoms with Gasteiger partial charge in [-0.05, 0) is 67.4 Å². The van der Waals surface area contributed by atoms with Gasteiger partial charge >= 0.3 is 5.97 Å². The number of esters is 1. The third kappa shape index (κ3) is 3.96. The van der Waals surface area contributed by atoms with E-state index in [-0.39, 0.29) is 4.91 Å². The summed E-state index contributed by atoms with van der Waals surface area (Å²) in [6.07, 6.45) is 1.58. The number of methoxy groups -OCH3 is 2. The minimum Gasteiger partial charge on any atom is -0.494 e. The smallest absolute Gasteiger partial charge is 0.325 e. The maximum atomic E-state index is 12.2. The summed E-state index contributed by atoms with van der Waals surface area (Å²) in [7, 11) is 2.74. The van der Waals surface area contributed by atoms with Crippen molar-refractivity contribution in [1.29, 1.82) is 0 Å². The molecule has 1 fully saturated rings. The first kappa shape index (κ1) is 18.0. The van der Waals surface area contributed by atoms with Crippen LogP contribution in [0.1, 0.15) is 5.56 Å². The standard InChI is InChI=1S/C14H11Br2NO5S/c1-21-11(18)6-17-13(19)10(23-14(17)20)5-7-3-8(15)12(22-2)9(16)4-7/h3-5H,6H2,1-2H3/b10-5-. The Balaban J connectivity index is 2.29. The molecule has 1 aliphatic rings. The molecule has 2 amide bonds. The minimum absolute atomic E-state index is 0.239. The van der Waals surface area contributed by atoms with Gasteiger partial charge in [0.1, 0.15) is 12.3 Å². The van der Waals surface area contributed by atoms with Crippen LogP contribution in [0.5, 0.6) is 5.75 Å². The highest BCUT2D eigenvalue weighted by molar-refractivity contribution is 9.11. The first-order valence-electron chi connectivity index (χ1n) is 6.22. The highest BCUT2D eigenvalue weighted by atomic mass is 79.9. The third-order valence-corrected chi connectivity index (χ3v) is 5.00. The molecule has 0 spiro atoms. The second-order valence-corrected chi connectivity index (χ2v) is 7.06. The fourth-order valence-corrected chi connectivity index (χ4v) is 4.22. The molecular formula is C14H11Br2NO5S. The molecule has 1 saturated heterocycles. The van der Waals surface area contributed by atoms with Crippen molar-refractivity contribution >= 4 is 66.8 Å². The van der Waals surface area contributed by atoms with Crippen molar-refractivity contribution in [3.8, 4) is 5.75 Å². The van der Waals surface area contributed by atoms with Crippen molar-refractivity contribution in [3.05, 3.63) is 31.5 Å². The first-order valence-corrected chi connectivity index (χ1v) is 8.62. The number of carbonyl (C=O) groups is 3. The van der Waals surface area contributed by atoms with Crippen LogP contribution in [0.25, 0.3) is 6.08 Å². The van der Waals surface area contributed by atoms with E-state index in [0.29, 0.717) is 20.3 Å². The van der Waals surface area contributed by atoms with E-state index >= 15 is 0 Å². The number of benzene rings is 1. The molecule has 1 aliphatic heterocycles. The van der Waals surface area contributed by atoms with Crippen LogP contribution in [0, 0.1) is 0 Å². The van der Waals surface area contributed by atoms with Crippen LogP contribution in [0.15, 0.2) is 26.0 Å². The van der Waals surface area contributed by atoms with Gasteiger partial charge < -0.3 is 9.47 Å². The number of carbonyl (C=O) groups excluding carboxylic acids is 3. The summed E-state index contributed by atoms with van der Waals surface area (Å²) in [6, 6.07) is 3.52. The summed E-state index contributed by atoms with van der Waals surface area (Å²) in [5.41, 5.74) is 0.702. The molecule has 0 radical (unpaired) electrons. The van der Waals surface area contributed by atoms with Crippen LogP contribution in [0.3, 0.4) is 0 Å². The Hall–Kier alpha value is -1.32. The zero-order valence-corrected chi connectivity index (χ0v) is 16.1.